The Hall–Kier alpha value is -2.49. The first-order valence-electron chi connectivity index (χ1n) is 10.7. The second kappa shape index (κ2) is 9.67. The second-order valence-electron chi connectivity index (χ2n) is 8.17. The lowest BCUT2D eigenvalue weighted by Gasteiger charge is -2.50. The van der Waals surface area contributed by atoms with E-state index in [1.54, 1.807) is 42.5 Å². The van der Waals surface area contributed by atoms with Crippen molar-refractivity contribution < 1.29 is 23.9 Å². The van der Waals surface area contributed by atoms with Crippen molar-refractivity contribution in [3.63, 3.8) is 0 Å². The number of benzene rings is 3. The predicted molar refractivity (Wildman–Crippen MR) is 145 cm³/mol. The summed E-state index contributed by atoms with van der Waals surface area (Å²) in [4.78, 5) is 43.2. The normalized spacial score (nSPS) is 18.7. The number of carbonyl (C=O) groups is 3. The molecule has 1 saturated heterocycles. The van der Waals surface area contributed by atoms with E-state index in [-0.39, 0.29) is 31.2 Å². The van der Waals surface area contributed by atoms with Crippen molar-refractivity contribution in [3.8, 4) is 11.5 Å². The van der Waals surface area contributed by atoms with Gasteiger partial charge in [0.2, 0.25) is 0 Å². The van der Waals surface area contributed by atoms with Crippen molar-refractivity contribution in [2.24, 2.45) is 0 Å². The van der Waals surface area contributed by atoms with Crippen molar-refractivity contribution in [2.45, 2.75) is 12.1 Å². The van der Waals surface area contributed by atoms with Gasteiger partial charge in [0.05, 0.1) is 51.5 Å². The van der Waals surface area contributed by atoms with Crippen LogP contribution < -0.4 is 14.4 Å². The number of hydrogen-bond donors (Lipinski definition) is 0. The van der Waals surface area contributed by atoms with Crippen LogP contribution in [0, 0.1) is 0 Å². The molecule has 37 heavy (non-hydrogen) atoms. The Morgan fingerprint density at radius 1 is 0.730 bits per heavy atom. The number of carbonyl (C=O) groups excluding carboxylic acids is 3. The third-order valence-corrected chi connectivity index (χ3v) is 8.67. The molecule has 0 aromatic heterocycles. The first kappa shape index (κ1) is 26.1. The van der Waals surface area contributed by atoms with Gasteiger partial charge in [0.1, 0.15) is 17.5 Å². The molecule has 12 heteroatoms. The van der Waals surface area contributed by atoms with Crippen molar-refractivity contribution >= 4 is 85.7 Å². The van der Waals surface area contributed by atoms with Gasteiger partial charge in [0.25, 0.3) is 17.7 Å². The lowest BCUT2D eigenvalue weighted by Crippen LogP contribution is -2.67. The summed E-state index contributed by atoms with van der Waals surface area (Å²) in [7, 11) is 2.99. The smallest absolute Gasteiger partial charge is 0.264 e. The first-order chi connectivity index (χ1) is 17.6. The van der Waals surface area contributed by atoms with Gasteiger partial charge in [0.15, 0.2) is 0 Å². The van der Waals surface area contributed by atoms with E-state index in [2.05, 4.69) is 15.9 Å². The van der Waals surface area contributed by atoms with E-state index in [1.807, 2.05) is 0 Å². The molecule has 7 nitrogen and oxygen atoms in total. The van der Waals surface area contributed by atoms with E-state index in [0.29, 0.717) is 22.7 Å². The van der Waals surface area contributed by atoms with Gasteiger partial charge in [-0.2, -0.15) is 0 Å². The first-order valence-corrected chi connectivity index (χ1v) is 13.0. The van der Waals surface area contributed by atoms with Crippen LogP contribution in [0.2, 0.25) is 20.1 Å². The minimum Gasteiger partial charge on any atom is -0.497 e. The molecule has 0 radical (unpaired) electrons. The van der Waals surface area contributed by atoms with E-state index in [9.17, 15) is 14.4 Å². The number of β-lactam (4-membered cyclic amide) rings is 1. The molecule has 0 bridgehead atoms. The number of halogens is 5. The SMILES string of the molecule is COc1ccc(OC)c([C@H]2[C@H](N3C(=O)c4c(Cl)c(Cl)c(Cl)c(Cl)c4C3=O)C(=O)N2c2ccc(Br)cc2)c1. The van der Waals surface area contributed by atoms with Crippen LogP contribution in [0.15, 0.2) is 46.9 Å². The average Bonchev–Trinajstić information content (AvgIpc) is 3.15. The largest absolute Gasteiger partial charge is 0.497 e. The summed E-state index contributed by atoms with van der Waals surface area (Å²) in [6.07, 6.45) is 0. The van der Waals surface area contributed by atoms with Crippen molar-refractivity contribution in [2.75, 3.05) is 19.1 Å². The fourth-order valence-corrected chi connectivity index (χ4v) is 5.89. The van der Waals surface area contributed by atoms with Crippen molar-refractivity contribution in [3.05, 3.63) is 83.7 Å². The van der Waals surface area contributed by atoms with Gasteiger partial charge in [-0.3, -0.25) is 19.3 Å². The maximum Gasteiger partial charge on any atom is 0.264 e. The Labute approximate surface area is 239 Å². The van der Waals surface area contributed by atoms with Crippen LogP contribution in [0.25, 0.3) is 0 Å². The molecule has 3 amide bonds. The summed E-state index contributed by atoms with van der Waals surface area (Å²) in [5.41, 5.74) is 0.687. The van der Waals surface area contributed by atoms with E-state index in [4.69, 9.17) is 55.9 Å². The minimum atomic E-state index is -1.23. The number of hydrogen-bond acceptors (Lipinski definition) is 5. The number of ether oxygens (including phenoxy) is 2. The molecule has 0 N–H and O–H groups in total. The van der Waals surface area contributed by atoms with Crippen molar-refractivity contribution in [1.82, 2.24) is 4.90 Å². The van der Waals surface area contributed by atoms with Crippen LogP contribution in [0.4, 0.5) is 5.69 Å². The van der Waals surface area contributed by atoms with Gasteiger partial charge in [-0.05, 0) is 42.5 Å². The number of anilines is 1. The molecule has 0 spiro atoms. The highest BCUT2D eigenvalue weighted by atomic mass is 79.9. The van der Waals surface area contributed by atoms with Gasteiger partial charge >= 0.3 is 0 Å². The highest BCUT2D eigenvalue weighted by Gasteiger charge is 2.59. The van der Waals surface area contributed by atoms with Crippen LogP contribution >= 0.6 is 62.3 Å². The van der Waals surface area contributed by atoms with E-state index in [1.165, 1.54) is 19.1 Å². The molecule has 5 rings (SSSR count). The van der Waals surface area contributed by atoms with Gasteiger partial charge < -0.3 is 14.4 Å². The topological polar surface area (TPSA) is 76.1 Å². The molecule has 2 heterocycles. The summed E-state index contributed by atoms with van der Waals surface area (Å²) in [6, 6.07) is 10.1. The number of rotatable bonds is 5. The summed E-state index contributed by atoms with van der Waals surface area (Å²) in [5, 5.41) is -0.729. The molecule has 1 fully saturated rings. The standard InChI is InChI=1S/C25H15BrCl4N2O5/c1-36-12-7-8-14(37-2)13(9-12)21-22(25(35)31(21)11-5-3-10(26)4-6-11)32-23(33)15-16(24(32)34)18(28)20(30)19(29)17(15)27/h3-9,21-22H,1-2H3/t21-,22-/m0/s1. The fourth-order valence-electron chi connectivity index (χ4n) is 4.61. The zero-order valence-corrected chi connectivity index (χ0v) is 23.6. The molecule has 2 aliphatic rings. The average molecular weight is 645 g/mol. The Morgan fingerprint density at radius 3 is 1.81 bits per heavy atom. The summed E-state index contributed by atoms with van der Waals surface area (Å²) >= 11 is 28.3. The number of amides is 3. The predicted octanol–water partition coefficient (Wildman–Crippen LogP) is 6.83. The molecular weight excluding hydrogens is 630 g/mol. The Morgan fingerprint density at radius 2 is 1.30 bits per heavy atom. The molecule has 3 aromatic rings. The van der Waals surface area contributed by atoms with Crippen LogP contribution in [-0.2, 0) is 4.79 Å². The number of methoxy groups -OCH3 is 2. The molecule has 2 aliphatic heterocycles. The minimum absolute atomic E-state index is 0.155. The number of nitrogens with zero attached hydrogens (tertiary/aromatic N) is 2. The van der Waals surface area contributed by atoms with E-state index in [0.717, 1.165) is 9.37 Å². The number of imide groups is 1. The molecule has 0 aliphatic carbocycles. The molecule has 3 aromatic carbocycles. The molecule has 0 saturated carbocycles. The molecule has 190 valence electrons. The maximum atomic E-state index is 13.7. The zero-order chi connectivity index (χ0) is 26.8. The second-order valence-corrected chi connectivity index (χ2v) is 10.6. The highest BCUT2D eigenvalue weighted by molar-refractivity contribution is 9.10. The van der Waals surface area contributed by atoms with Gasteiger partial charge in [-0.25, -0.2) is 0 Å². The maximum absolute atomic E-state index is 13.7. The zero-order valence-electron chi connectivity index (χ0n) is 19.0. The Balaban J connectivity index is 1.68. The van der Waals surface area contributed by atoms with Crippen LogP contribution in [0.5, 0.6) is 11.5 Å². The molecule has 0 unspecified atom stereocenters. The lowest BCUT2D eigenvalue weighted by atomic mass is 9.85. The van der Waals surface area contributed by atoms with Gasteiger partial charge in [-0.15, -0.1) is 0 Å². The highest BCUT2D eigenvalue weighted by Crippen LogP contribution is 2.50. The summed E-state index contributed by atoms with van der Waals surface area (Å²) < 4.78 is 11.8. The Kier molecular flexibility index (Phi) is 6.83. The van der Waals surface area contributed by atoms with Crippen LogP contribution in [0.1, 0.15) is 32.3 Å². The molecular formula is C25H15BrCl4N2O5. The van der Waals surface area contributed by atoms with Gasteiger partial charge in [-0.1, -0.05) is 62.3 Å². The van der Waals surface area contributed by atoms with Gasteiger partial charge in [0, 0.05) is 15.7 Å². The third kappa shape index (κ3) is 3.89. The summed E-state index contributed by atoms with van der Waals surface area (Å²) in [6.45, 7) is 0. The third-order valence-electron chi connectivity index (χ3n) is 6.34. The molecule has 2 atom stereocenters. The quantitative estimate of drug-likeness (QED) is 0.132. The lowest BCUT2D eigenvalue weighted by molar-refractivity contribution is -0.130. The van der Waals surface area contributed by atoms with Crippen LogP contribution in [0.3, 0.4) is 0 Å². The van der Waals surface area contributed by atoms with Crippen molar-refractivity contribution in [1.29, 1.82) is 0 Å². The monoisotopic (exact) mass is 642 g/mol. The van der Waals surface area contributed by atoms with E-state index >= 15 is 0 Å². The number of fused-ring (bicyclic) bond motifs is 1. The van der Waals surface area contributed by atoms with E-state index < -0.39 is 29.8 Å². The van der Waals surface area contributed by atoms with Crippen LogP contribution in [-0.4, -0.2) is 42.9 Å². The summed E-state index contributed by atoms with van der Waals surface area (Å²) in [5.74, 6) is -1.16. The fraction of sp³-hybridized carbons (Fsp3) is 0.160. The Bertz CT molecular complexity index is 1450.